The Morgan fingerprint density at radius 1 is 1.37 bits per heavy atom. The largest absolute Gasteiger partial charge is 0.389 e. The van der Waals surface area contributed by atoms with Crippen molar-refractivity contribution in [3.05, 3.63) is 28.8 Å². The van der Waals surface area contributed by atoms with Crippen molar-refractivity contribution in [2.45, 2.75) is 26.2 Å². The van der Waals surface area contributed by atoms with Crippen molar-refractivity contribution >= 4 is 22.0 Å². The summed E-state index contributed by atoms with van der Waals surface area (Å²) in [6.07, 6.45) is 1.11. The number of benzene rings is 1. The van der Waals surface area contributed by atoms with Crippen molar-refractivity contribution < 1.29 is 0 Å². The summed E-state index contributed by atoms with van der Waals surface area (Å²) in [5.74, 6) is 0.432. The molecule has 0 aliphatic carbocycles. The van der Waals surface area contributed by atoms with Crippen LogP contribution in [0.4, 0.5) is 10.7 Å². The number of nitrogen functional groups attached to an aromatic ring is 1. The van der Waals surface area contributed by atoms with Gasteiger partial charge in [0.2, 0.25) is 0 Å². The van der Waals surface area contributed by atoms with Crippen LogP contribution < -0.4 is 10.6 Å². The summed E-state index contributed by atoms with van der Waals surface area (Å²) in [4.78, 5) is 7.00. The number of hydrogen-bond acceptors (Lipinski definition) is 4. The van der Waals surface area contributed by atoms with Gasteiger partial charge in [0.25, 0.3) is 0 Å². The average Bonchev–Trinajstić information content (AvgIpc) is 2.93. The van der Waals surface area contributed by atoms with Gasteiger partial charge in [-0.1, -0.05) is 19.9 Å². The first-order valence-electron chi connectivity index (χ1n) is 6.67. The first-order chi connectivity index (χ1) is 9.06. The summed E-state index contributed by atoms with van der Waals surface area (Å²) >= 11 is 1.61. The normalized spacial score (nSPS) is 14.2. The van der Waals surface area contributed by atoms with E-state index in [0.29, 0.717) is 5.92 Å². The van der Waals surface area contributed by atoms with Gasteiger partial charge in [-0.2, -0.15) is 0 Å². The number of likely N-dealkylation sites (N-methyl/N-ethyl adjacent to an activating group) is 1. The second-order valence-electron chi connectivity index (χ2n) is 5.43. The third-order valence-electron chi connectivity index (χ3n) is 3.64. The first-order valence-corrected chi connectivity index (χ1v) is 7.48. The van der Waals surface area contributed by atoms with Crippen molar-refractivity contribution in [1.29, 1.82) is 0 Å². The van der Waals surface area contributed by atoms with Crippen molar-refractivity contribution in [1.82, 2.24) is 4.98 Å². The molecule has 3 nitrogen and oxygen atoms in total. The van der Waals surface area contributed by atoms with Crippen molar-refractivity contribution in [3.8, 4) is 11.3 Å². The molecule has 2 N–H and O–H groups in total. The minimum absolute atomic E-state index is 0.432. The van der Waals surface area contributed by atoms with E-state index in [0.717, 1.165) is 34.2 Å². The summed E-state index contributed by atoms with van der Waals surface area (Å²) in [6, 6.07) is 6.57. The molecule has 2 aromatic rings. The fraction of sp³-hybridized carbons (Fsp3) is 0.400. The molecule has 19 heavy (non-hydrogen) atoms. The topological polar surface area (TPSA) is 42.2 Å². The molecular weight excluding hydrogens is 254 g/mol. The Hall–Kier alpha value is -1.55. The summed E-state index contributed by atoms with van der Waals surface area (Å²) < 4.78 is 0. The molecule has 1 aliphatic heterocycles. The zero-order chi connectivity index (χ0) is 13.6. The monoisotopic (exact) mass is 273 g/mol. The van der Waals surface area contributed by atoms with Gasteiger partial charge in [-0.25, -0.2) is 4.98 Å². The minimum Gasteiger partial charge on any atom is -0.389 e. The Morgan fingerprint density at radius 3 is 2.84 bits per heavy atom. The Kier molecular flexibility index (Phi) is 2.97. The van der Waals surface area contributed by atoms with Gasteiger partial charge < -0.3 is 10.6 Å². The van der Waals surface area contributed by atoms with Crippen LogP contribution >= 0.6 is 11.3 Å². The van der Waals surface area contributed by atoms with Crippen LogP contribution in [0.5, 0.6) is 0 Å². The second kappa shape index (κ2) is 4.53. The van der Waals surface area contributed by atoms with Crippen LogP contribution in [-0.4, -0.2) is 18.6 Å². The van der Waals surface area contributed by atoms with Gasteiger partial charge >= 0.3 is 0 Å². The van der Waals surface area contributed by atoms with Crippen LogP contribution in [0, 0.1) is 0 Å². The number of thiazole rings is 1. The number of fused-ring (bicyclic) bond motifs is 1. The van der Waals surface area contributed by atoms with E-state index >= 15 is 0 Å². The molecule has 100 valence electrons. The number of anilines is 2. The van der Waals surface area contributed by atoms with Gasteiger partial charge in [0.05, 0.1) is 5.01 Å². The maximum Gasteiger partial charge on any atom is 0.114 e. The lowest BCUT2D eigenvalue weighted by Crippen LogP contribution is -2.12. The molecule has 3 rings (SSSR count). The van der Waals surface area contributed by atoms with Gasteiger partial charge in [0, 0.05) is 30.8 Å². The number of hydrogen-bond donors (Lipinski definition) is 1. The third kappa shape index (κ3) is 2.10. The molecule has 2 heterocycles. The molecular formula is C15H19N3S. The minimum atomic E-state index is 0.432. The standard InChI is InChI=1S/C15H19N3S/c1-9(2)15-17-13(14(16)19-15)11-4-5-12-10(8-11)6-7-18(12)3/h4-5,8-9H,6-7,16H2,1-3H3. The molecule has 0 bridgehead atoms. The van der Waals surface area contributed by atoms with Gasteiger partial charge in [0.1, 0.15) is 10.7 Å². The molecule has 0 unspecified atom stereocenters. The number of nitrogens with two attached hydrogens (primary N) is 1. The van der Waals surface area contributed by atoms with Crippen LogP contribution in [0.25, 0.3) is 11.3 Å². The molecule has 0 saturated heterocycles. The van der Waals surface area contributed by atoms with E-state index in [2.05, 4.69) is 44.0 Å². The van der Waals surface area contributed by atoms with Crippen LogP contribution in [0.1, 0.15) is 30.3 Å². The van der Waals surface area contributed by atoms with Crippen LogP contribution in [0.2, 0.25) is 0 Å². The molecule has 1 aromatic carbocycles. The predicted molar refractivity (Wildman–Crippen MR) is 83.0 cm³/mol. The van der Waals surface area contributed by atoms with E-state index in [9.17, 15) is 0 Å². The van der Waals surface area contributed by atoms with E-state index in [1.54, 1.807) is 11.3 Å². The highest BCUT2D eigenvalue weighted by atomic mass is 32.1. The smallest absolute Gasteiger partial charge is 0.114 e. The third-order valence-corrected chi connectivity index (χ3v) is 4.83. The highest BCUT2D eigenvalue weighted by Crippen LogP contribution is 2.36. The maximum atomic E-state index is 6.13. The van der Waals surface area contributed by atoms with Crippen LogP contribution in [-0.2, 0) is 6.42 Å². The highest BCUT2D eigenvalue weighted by Gasteiger charge is 2.18. The van der Waals surface area contributed by atoms with Crippen LogP contribution in [0.15, 0.2) is 18.2 Å². The second-order valence-corrected chi connectivity index (χ2v) is 6.50. The molecule has 0 saturated carbocycles. The average molecular weight is 273 g/mol. The number of rotatable bonds is 2. The Labute approximate surface area is 118 Å². The molecule has 0 radical (unpaired) electrons. The summed E-state index contributed by atoms with van der Waals surface area (Å²) in [7, 11) is 2.14. The van der Waals surface area contributed by atoms with Crippen molar-refractivity contribution in [2.24, 2.45) is 0 Å². The van der Waals surface area contributed by atoms with Crippen molar-refractivity contribution in [2.75, 3.05) is 24.2 Å². The molecule has 0 spiro atoms. The van der Waals surface area contributed by atoms with E-state index in [4.69, 9.17) is 10.7 Å². The van der Waals surface area contributed by atoms with Gasteiger partial charge in [0.15, 0.2) is 0 Å². The molecule has 0 atom stereocenters. The fourth-order valence-electron chi connectivity index (χ4n) is 2.52. The lowest BCUT2D eigenvalue weighted by Gasteiger charge is -2.11. The van der Waals surface area contributed by atoms with Gasteiger partial charge in [-0.3, -0.25) is 0 Å². The molecule has 4 heteroatoms. The number of aromatic nitrogens is 1. The molecule has 1 aliphatic rings. The summed E-state index contributed by atoms with van der Waals surface area (Å²) in [5.41, 5.74) is 11.0. The molecule has 0 fully saturated rings. The lowest BCUT2D eigenvalue weighted by atomic mass is 10.1. The van der Waals surface area contributed by atoms with E-state index in [1.807, 2.05) is 0 Å². The van der Waals surface area contributed by atoms with E-state index < -0.39 is 0 Å². The van der Waals surface area contributed by atoms with Gasteiger partial charge in [-0.05, 0) is 24.1 Å². The molecule has 1 aromatic heterocycles. The first kappa shape index (κ1) is 12.5. The van der Waals surface area contributed by atoms with E-state index in [1.165, 1.54) is 11.3 Å². The summed E-state index contributed by atoms with van der Waals surface area (Å²) in [5, 5.41) is 1.94. The zero-order valence-electron chi connectivity index (χ0n) is 11.6. The quantitative estimate of drug-likeness (QED) is 0.910. The highest BCUT2D eigenvalue weighted by molar-refractivity contribution is 7.16. The Balaban J connectivity index is 2.03. The van der Waals surface area contributed by atoms with Crippen LogP contribution in [0.3, 0.4) is 0 Å². The predicted octanol–water partition coefficient (Wildman–Crippen LogP) is 3.51. The zero-order valence-corrected chi connectivity index (χ0v) is 12.4. The number of nitrogens with zero attached hydrogens (tertiary/aromatic N) is 2. The SMILES string of the molecule is CC(C)c1nc(-c2ccc3c(c2)CCN3C)c(N)s1. The Morgan fingerprint density at radius 2 is 2.16 bits per heavy atom. The van der Waals surface area contributed by atoms with Gasteiger partial charge in [-0.15, -0.1) is 11.3 Å². The fourth-order valence-corrected chi connectivity index (χ4v) is 3.38. The lowest BCUT2D eigenvalue weighted by molar-refractivity contribution is 0.853. The van der Waals surface area contributed by atoms with Crippen molar-refractivity contribution in [3.63, 3.8) is 0 Å². The molecule has 0 amide bonds. The van der Waals surface area contributed by atoms with E-state index in [-0.39, 0.29) is 0 Å². The maximum absolute atomic E-state index is 6.13. The summed E-state index contributed by atoms with van der Waals surface area (Å²) in [6.45, 7) is 5.40. The Bertz CT molecular complexity index is 616.